The number of nitrogens with one attached hydrogen (secondary N) is 1. The van der Waals surface area contributed by atoms with Gasteiger partial charge in [-0.1, -0.05) is 0 Å². The third kappa shape index (κ3) is 1.41. The van der Waals surface area contributed by atoms with Crippen LogP contribution >= 0.6 is 0 Å². The van der Waals surface area contributed by atoms with Gasteiger partial charge in [-0.05, 0) is 25.9 Å². The molecule has 1 rings (SSSR count). The van der Waals surface area contributed by atoms with Gasteiger partial charge in [0.15, 0.2) is 0 Å². The second-order valence-electron chi connectivity index (χ2n) is 2.52. The van der Waals surface area contributed by atoms with Crippen LogP contribution in [0, 0.1) is 11.3 Å². The maximum atomic E-state index is 8.55. The molecular formula is C6H11N3. The topological polar surface area (TPSA) is 61.8 Å². The lowest BCUT2D eigenvalue weighted by Crippen LogP contribution is -2.47. The van der Waals surface area contributed by atoms with E-state index in [1.807, 2.05) is 0 Å². The van der Waals surface area contributed by atoms with Gasteiger partial charge in [0, 0.05) is 0 Å². The normalized spacial score (nSPS) is 24.9. The summed E-state index contributed by atoms with van der Waals surface area (Å²) in [6, 6.07) is 2.12. The molecule has 1 saturated heterocycles. The largest absolute Gasteiger partial charge is 0.317 e. The van der Waals surface area contributed by atoms with Crippen LogP contribution in [0.5, 0.6) is 0 Å². The molecule has 1 fully saturated rings. The molecule has 0 aromatic heterocycles. The summed E-state index contributed by atoms with van der Waals surface area (Å²) in [4.78, 5) is 0. The molecule has 0 spiro atoms. The zero-order chi connectivity index (χ0) is 6.74. The Kier molecular flexibility index (Phi) is 1.70. The Labute approximate surface area is 54.8 Å². The van der Waals surface area contributed by atoms with Crippen molar-refractivity contribution in [2.75, 3.05) is 13.1 Å². The lowest BCUT2D eigenvalue weighted by atomic mass is 9.92. The smallest absolute Gasteiger partial charge is 0.106 e. The minimum atomic E-state index is -0.536. The van der Waals surface area contributed by atoms with Crippen LogP contribution in [0.25, 0.3) is 0 Å². The fourth-order valence-electron chi connectivity index (χ4n) is 0.985. The van der Waals surface area contributed by atoms with Crippen molar-refractivity contribution in [3.05, 3.63) is 0 Å². The molecule has 3 N–H and O–H groups in total. The first kappa shape index (κ1) is 6.53. The van der Waals surface area contributed by atoms with Crippen molar-refractivity contribution in [3.63, 3.8) is 0 Å². The summed E-state index contributed by atoms with van der Waals surface area (Å²) in [5.74, 6) is 0. The van der Waals surface area contributed by atoms with Crippen LogP contribution in [0.1, 0.15) is 12.8 Å². The van der Waals surface area contributed by atoms with E-state index in [0.717, 1.165) is 25.9 Å². The van der Waals surface area contributed by atoms with Crippen molar-refractivity contribution in [1.82, 2.24) is 5.32 Å². The zero-order valence-corrected chi connectivity index (χ0v) is 5.35. The molecule has 0 unspecified atom stereocenters. The Morgan fingerprint density at radius 2 is 2.00 bits per heavy atom. The van der Waals surface area contributed by atoms with Crippen LogP contribution in [-0.4, -0.2) is 18.6 Å². The van der Waals surface area contributed by atoms with Crippen LogP contribution in [0.2, 0.25) is 0 Å². The average molecular weight is 125 g/mol. The summed E-state index contributed by atoms with van der Waals surface area (Å²) in [6.45, 7) is 1.76. The maximum Gasteiger partial charge on any atom is 0.106 e. The first-order chi connectivity index (χ1) is 4.27. The van der Waals surface area contributed by atoms with E-state index >= 15 is 0 Å². The van der Waals surface area contributed by atoms with Crippen molar-refractivity contribution in [1.29, 1.82) is 5.26 Å². The lowest BCUT2D eigenvalue weighted by molar-refractivity contribution is 0.383. The SMILES string of the molecule is N#CC1(N)CCNCC1. The summed E-state index contributed by atoms with van der Waals surface area (Å²) >= 11 is 0. The summed E-state index contributed by atoms with van der Waals surface area (Å²) in [7, 11) is 0. The Balaban J connectivity index is 2.49. The first-order valence-electron chi connectivity index (χ1n) is 3.18. The Morgan fingerprint density at radius 1 is 1.44 bits per heavy atom. The number of rotatable bonds is 0. The molecule has 0 aliphatic carbocycles. The van der Waals surface area contributed by atoms with Crippen molar-refractivity contribution in [2.24, 2.45) is 5.73 Å². The fraction of sp³-hybridized carbons (Fsp3) is 0.833. The highest BCUT2D eigenvalue weighted by molar-refractivity contribution is 5.06. The van der Waals surface area contributed by atoms with E-state index in [9.17, 15) is 0 Å². The molecule has 0 bridgehead atoms. The predicted molar refractivity (Wildman–Crippen MR) is 34.6 cm³/mol. The third-order valence-electron chi connectivity index (χ3n) is 1.72. The Morgan fingerprint density at radius 3 is 2.33 bits per heavy atom. The van der Waals surface area contributed by atoms with Gasteiger partial charge in [0.2, 0.25) is 0 Å². The molecule has 3 heteroatoms. The lowest BCUT2D eigenvalue weighted by Gasteiger charge is -2.26. The van der Waals surface area contributed by atoms with Crippen molar-refractivity contribution in [2.45, 2.75) is 18.4 Å². The highest BCUT2D eigenvalue weighted by Crippen LogP contribution is 2.12. The molecule has 3 nitrogen and oxygen atoms in total. The highest BCUT2D eigenvalue weighted by atomic mass is 14.9. The number of nitrogens with zero attached hydrogens (tertiary/aromatic N) is 1. The molecule has 0 radical (unpaired) electrons. The minimum absolute atomic E-state index is 0.536. The van der Waals surface area contributed by atoms with Gasteiger partial charge < -0.3 is 11.1 Å². The second kappa shape index (κ2) is 2.34. The number of hydrogen-bond acceptors (Lipinski definition) is 3. The highest BCUT2D eigenvalue weighted by Gasteiger charge is 2.26. The molecule has 0 aromatic rings. The summed E-state index contributed by atoms with van der Waals surface area (Å²) in [5, 5.41) is 11.7. The molecule has 50 valence electrons. The maximum absolute atomic E-state index is 8.55. The van der Waals surface area contributed by atoms with E-state index in [2.05, 4.69) is 11.4 Å². The molecule has 0 atom stereocenters. The molecule has 0 aromatic carbocycles. The van der Waals surface area contributed by atoms with Gasteiger partial charge in [-0.2, -0.15) is 5.26 Å². The van der Waals surface area contributed by atoms with Gasteiger partial charge in [0.25, 0.3) is 0 Å². The number of nitrogens with two attached hydrogens (primary N) is 1. The van der Waals surface area contributed by atoms with E-state index in [1.165, 1.54) is 0 Å². The monoisotopic (exact) mass is 125 g/mol. The van der Waals surface area contributed by atoms with Gasteiger partial charge >= 0.3 is 0 Å². The Hall–Kier alpha value is -0.590. The number of hydrogen-bond donors (Lipinski definition) is 2. The van der Waals surface area contributed by atoms with Crippen molar-refractivity contribution < 1.29 is 0 Å². The molecule has 1 heterocycles. The van der Waals surface area contributed by atoms with E-state index in [1.54, 1.807) is 0 Å². The quantitative estimate of drug-likeness (QED) is 0.462. The number of nitriles is 1. The van der Waals surface area contributed by atoms with E-state index < -0.39 is 5.54 Å². The third-order valence-corrected chi connectivity index (χ3v) is 1.72. The van der Waals surface area contributed by atoms with Gasteiger partial charge in [-0.3, -0.25) is 0 Å². The Bertz CT molecular complexity index is 130. The number of piperidine rings is 1. The molecule has 1 aliphatic rings. The van der Waals surface area contributed by atoms with Gasteiger partial charge in [-0.15, -0.1) is 0 Å². The second-order valence-corrected chi connectivity index (χ2v) is 2.52. The van der Waals surface area contributed by atoms with Crippen LogP contribution in [0.4, 0.5) is 0 Å². The van der Waals surface area contributed by atoms with Crippen LogP contribution in [0.15, 0.2) is 0 Å². The molecule has 0 saturated carbocycles. The van der Waals surface area contributed by atoms with Crippen molar-refractivity contribution in [3.8, 4) is 6.07 Å². The van der Waals surface area contributed by atoms with E-state index in [0.29, 0.717) is 0 Å². The minimum Gasteiger partial charge on any atom is -0.317 e. The summed E-state index contributed by atoms with van der Waals surface area (Å²) in [5.41, 5.74) is 5.12. The molecule has 1 aliphatic heterocycles. The molecular weight excluding hydrogens is 114 g/mol. The van der Waals surface area contributed by atoms with Crippen LogP contribution in [-0.2, 0) is 0 Å². The summed E-state index contributed by atoms with van der Waals surface area (Å²) < 4.78 is 0. The van der Waals surface area contributed by atoms with Gasteiger partial charge in [0.05, 0.1) is 6.07 Å². The van der Waals surface area contributed by atoms with Crippen LogP contribution < -0.4 is 11.1 Å². The van der Waals surface area contributed by atoms with Gasteiger partial charge in [0.1, 0.15) is 5.54 Å². The van der Waals surface area contributed by atoms with Crippen molar-refractivity contribution >= 4 is 0 Å². The molecule has 9 heavy (non-hydrogen) atoms. The van der Waals surface area contributed by atoms with Crippen LogP contribution in [0.3, 0.4) is 0 Å². The molecule has 0 amide bonds. The summed E-state index contributed by atoms with van der Waals surface area (Å²) in [6.07, 6.45) is 1.56. The van der Waals surface area contributed by atoms with Gasteiger partial charge in [-0.25, -0.2) is 0 Å². The standard InChI is InChI=1S/C6H11N3/c7-5-6(8)1-3-9-4-2-6/h9H,1-4,8H2. The first-order valence-corrected chi connectivity index (χ1v) is 3.18. The zero-order valence-electron chi connectivity index (χ0n) is 5.35. The fourth-order valence-corrected chi connectivity index (χ4v) is 0.985. The van der Waals surface area contributed by atoms with E-state index in [4.69, 9.17) is 11.0 Å². The predicted octanol–water partition coefficient (Wildman–Crippen LogP) is -0.409. The van der Waals surface area contributed by atoms with E-state index in [-0.39, 0.29) is 0 Å². The average Bonchev–Trinajstić information content (AvgIpc) is 1.90.